The number of hydrogen-bond donors (Lipinski definition) is 2. The first-order valence-corrected chi connectivity index (χ1v) is 5.77. The van der Waals surface area contributed by atoms with Gasteiger partial charge in [-0.05, 0) is 16.9 Å². The lowest BCUT2D eigenvalue weighted by Crippen LogP contribution is -2.48. The molecule has 1 heterocycles. The Morgan fingerprint density at radius 2 is 2.06 bits per heavy atom. The molecule has 1 rings (SSSR count). The van der Waals surface area contributed by atoms with Crippen molar-refractivity contribution in [2.45, 2.75) is 26.8 Å². The molecule has 0 saturated carbocycles. The van der Waals surface area contributed by atoms with Crippen LogP contribution in [0, 0.1) is 5.41 Å². The highest BCUT2D eigenvalue weighted by Crippen LogP contribution is 2.20. The fourth-order valence-corrected chi connectivity index (χ4v) is 1.89. The molecule has 0 aliphatic carbocycles. The van der Waals surface area contributed by atoms with Crippen molar-refractivity contribution in [1.82, 2.24) is 5.32 Å². The fourth-order valence-electron chi connectivity index (χ4n) is 1.26. The lowest BCUT2D eigenvalue weighted by atomic mass is 9.87. The van der Waals surface area contributed by atoms with Crippen molar-refractivity contribution in [3.8, 4) is 0 Å². The maximum atomic E-state index is 11.7. The van der Waals surface area contributed by atoms with E-state index in [1.165, 1.54) is 11.3 Å². The van der Waals surface area contributed by atoms with Gasteiger partial charge in [-0.2, -0.15) is 0 Å². The summed E-state index contributed by atoms with van der Waals surface area (Å²) in [6.45, 7) is 5.33. The zero-order chi connectivity index (χ0) is 12.3. The van der Waals surface area contributed by atoms with E-state index in [0.717, 1.165) is 0 Å². The molecule has 1 aromatic heterocycles. The van der Waals surface area contributed by atoms with Gasteiger partial charge in [-0.1, -0.05) is 26.8 Å². The quantitative estimate of drug-likeness (QED) is 0.850. The fraction of sp³-hybridized carbons (Fsp3) is 0.455. The summed E-state index contributed by atoms with van der Waals surface area (Å²) in [5.74, 6) is -1.35. The van der Waals surface area contributed by atoms with Crippen molar-refractivity contribution >= 4 is 23.2 Å². The van der Waals surface area contributed by atoms with Gasteiger partial charge >= 0.3 is 5.97 Å². The first-order valence-electron chi connectivity index (χ1n) is 4.89. The summed E-state index contributed by atoms with van der Waals surface area (Å²) in [6, 6.07) is 2.54. The largest absolute Gasteiger partial charge is 0.480 e. The minimum absolute atomic E-state index is 0.336. The Balaban J connectivity index is 2.78. The third-order valence-electron chi connectivity index (χ3n) is 2.13. The monoisotopic (exact) mass is 241 g/mol. The highest BCUT2D eigenvalue weighted by Gasteiger charge is 2.32. The summed E-state index contributed by atoms with van der Waals surface area (Å²) in [5, 5.41) is 13.4. The van der Waals surface area contributed by atoms with Gasteiger partial charge in [-0.15, -0.1) is 11.3 Å². The summed E-state index contributed by atoms with van der Waals surface area (Å²) >= 11 is 1.29. The van der Waals surface area contributed by atoms with Crippen LogP contribution in [-0.4, -0.2) is 23.0 Å². The molecule has 0 unspecified atom stereocenters. The zero-order valence-corrected chi connectivity index (χ0v) is 10.3. The SMILES string of the molecule is CC(C)(C)[C@@H](NC(=O)c1cccs1)C(=O)O. The Bertz CT molecular complexity index is 378. The molecule has 1 atom stereocenters. The standard InChI is InChI=1S/C11H15NO3S/c1-11(2,3)8(10(14)15)12-9(13)7-5-4-6-16-7/h4-6,8H,1-3H3,(H,12,13)(H,14,15)/t8-/m0/s1. The minimum Gasteiger partial charge on any atom is -0.480 e. The number of nitrogens with one attached hydrogen (secondary N) is 1. The maximum Gasteiger partial charge on any atom is 0.326 e. The second-order valence-electron chi connectivity index (χ2n) is 4.59. The van der Waals surface area contributed by atoms with Gasteiger partial charge in [-0.25, -0.2) is 4.79 Å². The first kappa shape index (κ1) is 12.7. The molecular formula is C11H15NO3S. The number of aliphatic carboxylic acids is 1. The van der Waals surface area contributed by atoms with E-state index in [1.807, 2.05) is 0 Å². The molecule has 0 radical (unpaired) electrons. The van der Waals surface area contributed by atoms with Crippen molar-refractivity contribution < 1.29 is 14.7 Å². The van der Waals surface area contributed by atoms with E-state index < -0.39 is 17.4 Å². The smallest absolute Gasteiger partial charge is 0.326 e. The normalized spacial score (nSPS) is 13.2. The van der Waals surface area contributed by atoms with E-state index >= 15 is 0 Å². The summed E-state index contributed by atoms with van der Waals surface area (Å²) in [6.07, 6.45) is 0. The van der Waals surface area contributed by atoms with Crippen molar-refractivity contribution in [2.75, 3.05) is 0 Å². The molecule has 0 aliphatic rings. The highest BCUT2D eigenvalue weighted by molar-refractivity contribution is 7.12. The Morgan fingerprint density at radius 3 is 2.44 bits per heavy atom. The molecule has 1 amide bonds. The first-order chi connectivity index (χ1) is 7.32. The van der Waals surface area contributed by atoms with E-state index in [9.17, 15) is 9.59 Å². The van der Waals surface area contributed by atoms with Gasteiger partial charge in [0.2, 0.25) is 0 Å². The lowest BCUT2D eigenvalue weighted by Gasteiger charge is -2.27. The van der Waals surface area contributed by atoms with Gasteiger partial charge in [0.15, 0.2) is 0 Å². The molecule has 0 spiro atoms. The van der Waals surface area contributed by atoms with E-state index in [0.29, 0.717) is 4.88 Å². The lowest BCUT2D eigenvalue weighted by molar-refractivity contribution is -0.142. The van der Waals surface area contributed by atoms with Crippen LogP contribution in [0.25, 0.3) is 0 Å². The number of thiophene rings is 1. The van der Waals surface area contributed by atoms with Crippen LogP contribution in [0.2, 0.25) is 0 Å². The second kappa shape index (κ2) is 4.65. The molecule has 2 N–H and O–H groups in total. The average molecular weight is 241 g/mol. The molecule has 4 nitrogen and oxygen atoms in total. The number of carboxylic acids is 1. The molecule has 16 heavy (non-hydrogen) atoms. The predicted molar refractivity (Wildman–Crippen MR) is 62.7 cm³/mol. The van der Waals surface area contributed by atoms with Crippen LogP contribution in [0.4, 0.5) is 0 Å². The third kappa shape index (κ3) is 3.06. The van der Waals surface area contributed by atoms with Crippen LogP contribution < -0.4 is 5.32 Å². The Labute approximate surface area is 98.3 Å². The molecule has 0 fully saturated rings. The molecule has 0 aliphatic heterocycles. The van der Waals surface area contributed by atoms with E-state index in [1.54, 1.807) is 38.3 Å². The van der Waals surface area contributed by atoms with Gasteiger partial charge in [0.1, 0.15) is 6.04 Å². The number of rotatable bonds is 3. The topological polar surface area (TPSA) is 66.4 Å². The number of carbonyl (C=O) groups is 2. The van der Waals surface area contributed by atoms with Gasteiger partial charge in [0, 0.05) is 0 Å². The molecule has 0 aromatic carbocycles. The van der Waals surface area contributed by atoms with E-state index in [-0.39, 0.29) is 5.91 Å². The van der Waals surface area contributed by atoms with Gasteiger partial charge in [-0.3, -0.25) is 4.79 Å². The molecular weight excluding hydrogens is 226 g/mol. The van der Waals surface area contributed by atoms with Crippen LogP contribution in [0.15, 0.2) is 17.5 Å². The average Bonchev–Trinajstić information content (AvgIpc) is 2.63. The molecule has 1 aromatic rings. The van der Waals surface area contributed by atoms with Gasteiger partial charge in [0.25, 0.3) is 5.91 Å². The number of carboxylic acid groups (broad SMARTS) is 1. The van der Waals surface area contributed by atoms with Crippen molar-refractivity contribution in [1.29, 1.82) is 0 Å². The van der Waals surface area contributed by atoms with Gasteiger partial charge < -0.3 is 10.4 Å². The molecule has 88 valence electrons. The maximum absolute atomic E-state index is 11.7. The predicted octanol–water partition coefficient (Wildman–Crippen LogP) is 1.98. The van der Waals surface area contributed by atoms with Crippen LogP contribution in [0.3, 0.4) is 0 Å². The summed E-state index contributed by atoms with van der Waals surface area (Å²) in [5.41, 5.74) is -0.515. The van der Waals surface area contributed by atoms with Crippen molar-refractivity contribution in [3.05, 3.63) is 22.4 Å². The van der Waals surface area contributed by atoms with Crippen LogP contribution in [0.5, 0.6) is 0 Å². The second-order valence-corrected chi connectivity index (χ2v) is 5.54. The minimum atomic E-state index is -1.02. The van der Waals surface area contributed by atoms with Crippen LogP contribution in [0.1, 0.15) is 30.4 Å². The van der Waals surface area contributed by atoms with Crippen LogP contribution >= 0.6 is 11.3 Å². The Morgan fingerprint density at radius 1 is 1.44 bits per heavy atom. The van der Waals surface area contributed by atoms with E-state index in [2.05, 4.69) is 5.32 Å². The summed E-state index contributed by atoms with van der Waals surface area (Å²) in [7, 11) is 0. The number of hydrogen-bond acceptors (Lipinski definition) is 3. The summed E-state index contributed by atoms with van der Waals surface area (Å²) in [4.78, 5) is 23.3. The van der Waals surface area contributed by atoms with E-state index in [4.69, 9.17) is 5.11 Å². The highest BCUT2D eigenvalue weighted by atomic mass is 32.1. The van der Waals surface area contributed by atoms with Crippen molar-refractivity contribution in [3.63, 3.8) is 0 Å². The number of amides is 1. The van der Waals surface area contributed by atoms with Crippen LogP contribution in [-0.2, 0) is 4.79 Å². The third-order valence-corrected chi connectivity index (χ3v) is 3.00. The van der Waals surface area contributed by atoms with Gasteiger partial charge in [0.05, 0.1) is 4.88 Å². The summed E-state index contributed by atoms with van der Waals surface area (Å²) < 4.78 is 0. The Hall–Kier alpha value is -1.36. The molecule has 0 bridgehead atoms. The van der Waals surface area contributed by atoms with Crippen molar-refractivity contribution in [2.24, 2.45) is 5.41 Å². The Kier molecular flexibility index (Phi) is 3.70. The molecule has 5 heteroatoms. The zero-order valence-electron chi connectivity index (χ0n) is 9.48. The number of carbonyl (C=O) groups excluding carboxylic acids is 1. The molecule has 0 saturated heterocycles.